The molecule has 3 heterocycles. The summed E-state index contributed by atoms with van der Waals surface area (Å²) in [5.74, 6) is 0.274. The van der Waals surface area contributed by atoms with Crippen LogP contribution >= 0.6 is 0 Å². The maximum absolute atomic E-state index is 12.4. The van der Waals surface area contributed by atoms with Crippen LogP contribution in [0, 0.1) is 11.3 Å². The van der Waals surface area contributed by atoms with Gasteiger partial charge in [-0.2, -0.15) is 5.26 Å². The molecule has 0 fully saturated rings. The molecule has 3 N–H and O–H groups in total. The molecule has 1 aromatic carbocycles. The van der Waals surface area contributed by atoms with Crippen molar-refractivity contribution in [1.82, 2.24) is 15.3 Å². The fourth-order valence-corrected chi connectivity index (χ4v) is 4.34. The van der Waals surface area contributed by atoms with E-state index < -0.39 is 0 Å². The first kappa shape index (κ1) is 23.9. The Morgan fingerprint density at radius 2 is 1.94 bits per heavy atom. The Morgan fingerprint density at radius 3 is 2.57 bits per heavy atom. The molecule has 9 nitrogen and oxygen atoms in total. The number of rotatable bonds is 6. The maximum Gasteiger partial charge on any atom is 0.269 e. The molecule has 4 rings (SSSR count). The molecule has 1 aliphatic rings. The van der Waals surface area contributed by atoms with Crippen molar-refractivity contribution in [2.75, 3.05) is 23.4 Å². The third kappa shape index (κ3) is 5.13. The molecular formula is C26H26N6O3. The van der Waals surface area contributed by atoms with E-state index in [1.807, 2.05) is 31.2 Å². The van der Waals surface area contributed by atoms with Gasteiger partial charge in [0.15, 0.2) is 0 Å². The fourth-order valence-electron chi connectivity index (χ4n) is 4.34. The molecule has 35 heavy (non-hydrogen) atoms. The zero-order chi connectivity index (χ0) is 24.9. The van der Waals surface area contributed by atoms with Crippen molar-refractivity contribution in [3.05, 3.63) is 71.7 Å². The van der Waals surface area contributed by atoms with Crippen LogP contribution in [0.5, 0.6) is 0 Å². The van der Waals surface area contributed by atoms with Gasteiger partial charge in [-0.15, -0.1) is 0 Å². The number of fused-ring (bicyclic) bond motifs is 1. The molecule has 2 atom stereocenters. The van der Waals surface area contributed by atoms with E-state index in [1.54, 1.807) is 36.2 Å². The van der Waals surface area contributed by atoms with Crippen LogP contribution < -0.4 is 15.5 Å². The number of hydrogen-bond donors (Lipinski definition) is 3. The van der Waals surface area contributed by atoms with Crippen LogP contribution in [0.1, 0.15) is 47.9 Å². The molecule has 9 heteroatoms. The first-order chi connectivity index (χ1) is 16.9. The topological polar surface area (TPSA) is 131 Å². The molecule has 0 saturated carbocycles. The Kier molecular flexibility index (Phi) is 7.03. The number of carbonyl (C=O) groups is 2. The number of pyridine rings is 2. The smallest absolute Gasteiger partial charge is 0.269 e. The second-order valence-electron chi connectivity index (χ2n) is 8.40. The number of carbonyl (C=O) groups excluding carboxylic acids is 2. The zero-order valence-corrected chi connectivity index (χ0v) is 19.5. The summed E-state index contributed by atoms with van der Waals surface area (Å²) in [6, 6.07) is 14.8. The highest BCUT2D eigenvalue weighted by Crippen LogP contribution is 2.40. The SMILES string of the molecule is CC(=O)N1c2ccc(-c3ccc(C(=O)NCCO)nc3)cc2C(Nc2ccc(C#N)cn2)CC1C. The summed E-state index contributed by atoms with van der Waals surface area (Å²) in [5, 5.41) is 23.9. The van der Waals surface area contributed by atoms with Gasteiger partial charge in [-0.05, 0) is 54.8 Å². The Morgan fingerprint density at radius 1 is 1.14 bits per heavy atom. The average molecular weight is 471 g/mol. The second kappa shape index (κ2) is 10.3. The number of nitrogens with one attached hydrogen (secondary N) is 2. The standard InChI is InChI=1S/C26H26N6O3/c1-16-11-23(31-25-8-3-18(13-27)14-30-25)21-12-19(5-7-24(21)32(16)17(2)34)20-4-6-22(29-15-20)26(35)28-9-10-33/h3-8,12,14-16,23,33H,9-11H2,1-2H3,(H,28,35)(H,30,31). The van der Waals surface area contributed by atoms with Crippen molar-refractivity contribution in [2.24, 2.45) is 0 Å². The van der Waals surface area contributed by atoms with E-state index in [1.165, 1.54) is 6.20 Å². The van der Waals surface area contributed by atoms with Gasteiger partial charge >= 0.3 is 0 Å². The van der Waals surface area contributed by atoms with E-state index in [2.05, 4.69) is 26.7 Å². The zero-order valence-electron chi connectivity index (χ0n) is 19.5. The van der Waals surface area contributed by atoms with Gasteiger partial charge in [0.2, 0.25) is 5.91 Å². The normalized spacial score (nSPS) is 16.7. The van der Waals surface area contributed by atoms with Gasteiger partial charge in [-0.3, -0.25) is 14.6 Å². The molecule has 0 radical (unpaired) electrons. The largest absolute Gasteiger partial charge is 0.395 e. The number of benzene rings is 1. The molecule has 2 aromatic heterocycles. The van der Waals surface area contributed by atoms with Gasteiger partial charge in [-0.1, -0.05) is 12.1 Å². The van der Waals surface area contributed by atoms with Crippen LogP contribution in [-0.2, 0) is 4.79 Å². The highest BCUT2D eigenvalue weighted by atomic mass is 16.3. The number of aliphatic hydroxyl groups excluding tert-OH is 1. The molecule has 2 unspecified atom stereocenters. The lowest BCUT2D eigenvalue weighted by Gasteiger charge is -2.39. The van der Waals surface area contributed by atoms with Crippen LogP contribution in [0.25, 0.3) is 11.1 Å². The minimum Gasteiger partial charge on any atom is -0.395 e. The second-order valence-corrected chi connectivity index (χ2v) is 8.40. The Bertz CT molecular complexity index is 1270. The van der Waals surface area contributed by atoms with Crippen molar-refractivity contribution >= 4 is 23.3 Å². The van der Waals surface area contributed by atoms with E-state index in [4.69, 9.17) is 10.4 Å². The predicted molar refractivity (Wildman–Crippen MR) is 132 cm³/mol. The first-order valence-electron chi connectivity index (χ1n) is 11.3. The molecule has 0 saturated heterocycles. The van der Waals surface area contributed by atoms with Crippen molar-refractivity contribution in [3.63, 3.8) is 0 Å². The maximum atomic E-state index is 12.4. The molecule has 0 bridgehead atoms. The van der Waals surface area contributed by atoms with E-state index in [9.17, 15) is 9.59 Å². The highest BCUT2D eigenvalue weighted by Gasteiger charge is 2.32. The van der Waals surface area contributed by atoms with Crippen molar-refractivity contribution in [1.29, 1.82) is 5.26 Å². The van der Waals surface area contributed by atoms with Crippen LogP contribution in [0.4, 0.5) is 11.5 Å². The third-order valence-corrected chi connectivity index (χ3v) is 5.96. The van der Waals surface area contributed by atoms with E-state index in [0.29, 0.717) is 17.8 Å². The van der Waals surface area contributed by atoms with Gasteiger partial charge in [0.1, 0.15) is 17.6 Å². The Balaban J connectivity index is 1.67. The molecular weight excluding hydrogens is 444 g/mol. The van der Waals surface area contributed by atoms with Crippen LogP contribution in [-0.4, -0.2) is 46.1 Å². The number of anilines is 2. The lowest BCUT2D eigenvalue weighted by atomic mass is 9.89. The summed E-state index contributed by atoms with van der Waals surface area (Å²) in [6.07, 6.45) is 3.84. The molecule has 0 aliphatic carbocycles. The molecule has 178 valence electrons. The third-order valence-electron chi connectivity index (χ3n) is 5.96. The van der Waals surface area contributed by atoms with Crippen LogP contribution in [0.15, 0.2) is 54.9 Å². The molecule has 1 aliphatic heterocycles. The van der Waals surface area contributed by atoms with Crippen LogP contribution in [0.3, 0.4) is 0 Å². The lowest BCUT2D eigenvalue weighted by molar-refractivity contribution is -0.117. The first-order valence-corrected chi connectivity index (χ1v) is 11.3. The molecule has 3 aromatic rings. The summed E-state index contributed by atoms with van der Waals surface area (Å²) >= 11 is 0. The van der Waals surface area contributed by atoms with Gasteiger partial charge in [0.05, 0.1) is 18.2 Å². The number of nitriles is 1. The highest BCUT2D eigenvalue weighted by molar-refractivity contribution is 5.94. The summed E-state index contributed by atoms with van der Waals surface area (Å²) in [7, 11) is 0. The van der Waals surface area contributed by atoms with E-state index >= 15 is 0 Å². The summed E-state index contributed by atoms with van der Waals surface area (Å²) in [6.45, 7) is 3.61. The van der Waals surface area contributed by atoms with Crippen molar-refractivity contribution in [2.45, 2.75) is 32.4 Å². The van der Waals surface area contributed by atoms with E-state index in [-0.39, 0.29) is 42.7 Å². The number of aromatic nitrogens is 2. The summed E-state index contributed by atoms with van der Waals surface area (Å²) in [5.41, 5.74) is 4.26. The number of amides is 2. The molecule has 0 spiro atoms. The van der Waals surface area contributed by atoms with Gasteiger partial charge in [0.25, 0.3) is 5.91 Å². The average Bonchev–Trinajstić information content (AvgIpc) is 2.87. The van der Waals surface area contributed by atoms with Gasteiger partial charge in [0, 0.05) is 43.2 Å². The van der Waals surface area contributed by atoms with Gasteiger partial charge < -0.3 is 20.6 Å². The Hall–Kier alpha value is -4.29. The summed E-state index contributed by atoms with van der Waals surface area (Å²) < 4.78 is 0. The van der Waals surface area contributed by atoms with Crippen molar-refractivity contribution in [3.8, 4) is 17.2 Å². The quantitative estimate of drug-likeness (QED) is 0.505. The predicted octanol–water partition coefficient (Wildman–Crippen LogP) is 3.04. The minimum atomic E-state index is -0.346. The van der Waals surface area contributed by atoms with Gasteiger partial charge in [-0.25, -0.2) is 4.98 Å². The monoisotopic (exact) mass is 470 g/mol. The summed E-state index contributed by atoms with van der Waals surface area (Å²) in [4.78, 5) is 34.9. The van der Waals surface area contributed by atoms with Crippen LogP contribution in [0.2, 0.25) is 0 Å². The van der Waals surface area contributed by atoms with E-state index in [0.717, 1.165) is 22.4 Å². The lowest BCUT2D eigenvalue weighted by Crippen LogP contribution is -2.43. The fraction of sp³-hybridized carbons (Fsp3) is 0.269. The number of aliphatic hydroxyl groups is 1. The number of hydrogen-bond acceptors (Lipinski definition) is 7. The minimum absolute atomic E-state index is 0.0138. The molecule has 2 amide bonds. The Labute approximate surface area is 203 Å². The number of nitrogens with zero attached hydrogens (tertiary/aromatic N) is 4. The van der Waals surface area contributed by atoms with Crippen molar-refractivity contribution < 1.29 is 14.7 Å².